The van der Waals surface area contributed by atoms with Crippen LogP contribution in [-0.4, -0.2) is 18.4 Å². The highest BCUT2D eigenvalue weighted by atomic mass is 16.2. The van der Waals surface area contributed by atoms with Gasteiger partial charge >= 0.3 is 0 Å². The maximum Gasteiger partial charge on any atom is 0.257 e. The van der Waals surface area contributed by atoms with Gasteiger partial charge in [-0.05, 0) is 35.7 Å². The van der Waals surface area contributed by atoms with Crippen molar-refractivity contribution in [2.75, 3.05) is 17.2 Å². The van der Waals surface area contributed by atoms with Crippen LogP contribution in [0.2, 0.25) is 0 Å². The number of benzene rings is 3. The van der Waals surface area contributed by atoms with Crippen molar-refractivity contribution in [2.45, 2.75) is 19.9 Å². The Hall–Kier alpha value is -3.44. The number of hydrogen-bond donors (Lipinski definition) is 3. The molecule has 5 heteroatoms. The summed E-state index contributed by atoms with van der Waals surface area (Å²) >= 11 is 0. The van der Waals surface area contributed by atoms with E-state index in [2.05, 4.69) is 41.9 Å². The molecule has 0 aliphatic heterocycles. The largest absolute Gasteiger partial charge is 0.324 e. The average Bonchev–Trinajstić information content (AvgIpc) is 2.75. The van der Waals surface area contributed by atoms with Crippen molar-refractivity contribution in [2.24, 2.45) is 5.92 Å². The Kier molecular flexibility index (Phi) is 7.35. The summed E-state index contributed by atoms with van der Waals surface area (Å²) in [7, 11) is 0. The van der Waals surface area contributed by atoms with Crippen LogP contribution in [0.4, 0.5) is 11.4 Å². The van der Waals surface area contributed by atoms with Crippen molar-refractivity contribution in [3.63, 3.8) is 0 Å². The molecule has 0 saturated carbocycles. The zero-order valence-corrected chi connectivity index (χ0v) is 17.3. The fraction of sp³-hybridized carbons (Fsp3) is 0.200. The summed E-state index contributed by atoms with van der Waals surface area (Å²) in [6, 6.07) is 26.4. The van der Waals surface area contributed by atoms with Gasteiger partial charge < -0.3 is 16.0 Å². The van der Waals surface area contributed by atoms with Crippen molar-refractivity contribution in [1.29, 1.82) is 0 Å². The highest BCUT2D eigenvalue weighted by Gasteiger charge is 2.17. The molecule has 0 radical (unpaired) electrons. The van der Waals surface area contributed by atoms with Crippen LogP contribution >= 0.6 is 0 Å². The van der Waals surface area contributed by atoms with Crippen molar-refractivity contribution >= 4 is 23.2 Å². The molecule has 0 unspecified atom stereocenters. The van der Waals surface area contributed by atoms with Crippen LogP contribution in [0.15, 0.2) is 84.9 Å². The molecule has 0 heterocycles. The average molecular weight is 402 g/mol. The van der Waals surface area contributed by atoms with Gasteiger partial charge in [-0.3, -0.25) is 9.59 Å². The van der Waals surface area contributed by atoms with Crippen LogP contribution in [0, 0.1) is 5.92 Å². The van der Waals surface area contributed by atoms with Gasteiger partial charge in [0.15, 0.2) is 0 Å². The summed E-state index contributed by atoms with van der Waals surface area (Å²) < 4.78 is 0. The Morgan fingerprint density at radius 3 is 2.03 bits per heavy atom. The molecule has 0 bridgehead atoms. The number of hydrogen-bond acceptors (Lipinski definition) is 3. The van der Waals surface area contributed by atoms with E-state index in [9.17, 15) is 9.59 Å². The highest BCUT2D eigenvalue weighted by molar-refractivity contribution is 6.10. The molecule has 3 aromatic carbocycles. The molecule has 154 valence electrons. The smallest absolute Gasteiger partial charge is 0.257 e. The lowest BCUT2D eigenvalue weighted by Gasteiger charge is -2.23. The maximum absolute atomic E-state index is 12.7. The van der Waals surface area contributed by atoms with Gasteiger partial charge in [0.1, 0.15) is 0 Å². The topological polar surface area (TPSA) is 70.2 Å². The van der Waals surface area contributed by atoms with Crippen LogP contribution < -0.4 is 16.0 Å². The van der Waals surface area contributed by atoms with Gasteiger partial charge in [0.05, 0.1) is 17.8 Å². The first-order valence-corrected chi connectivity index (χ1v) is 10.1. The first-order chi connectivity index (χ1) is 14.5. The Morgan fingerprint density at radius 2 is 1.37 bits per heavy atom. The molecule has 0 aliphatic carbocycles. The fourth-order valence-corrected chi connectivity index (χ4v) is 3.31. The molecular formula is C25H27N3O2. The number of carbonyl (C=O) groups excluding carboxylic acids is 2. The second-order valence-corrected chi connectivity index (χ2v) is 7.43. The summed E-state index contributed by atoms with van der Waals surface area (Å²) in [5.74, 6) is -0.143. The minimum absolute atomic E-state index is 0.0635. The van der Waals surface area contributed by atoms with Crippen LogP contribution in [0.1, 0.15) is 35.8 Å². The number of para-hydroxylation sites is 2. The second kappa shape index (κ2) is 10.4. The van der Waals surface area contributed by atoms with Gasteiger partial charge in [-0.15, -0.1) is 0 Å². The Labute approximate surface area is 177 Å². The van der Waals surface area contributed by atoms with Gasteiger partial charge in [-0.1, -0.05) is 74.5 Å². The molecule has 2 amide bonds. The minimum Gasteiger partial charge on any atom is -0.324 e. The van der Waals surface area contributed by atoms with Gasteiger partial charge in [-0.25, -0.2) is 0 Å². The molecule has 0 fully saturated rings. The van der Waals surface area contributed by atoms with E-state index in [0.717, 1.165) is 5.56 Å². The highest BCUT2D eigenvalue weighted by Crippen LogP contribution is 2.21. The molecule has 3 N–H and O–H groups in total. The summed E-state index contributed by atoms with van der Waals surface area (Å²) in [6.45, 7) is 4.38. The first kappa shape index (κ1) is 21.3. The summed E-state index contributed by atoms with van der Waals surface area (Å²) in [5, 5.41) is 9.04. The van der Waals surface area contributed by atoms with Crippen LogP contribution in [0.25, 0.3) is 0 Å². The van der Waals surface area contributed by atoms with Gasteiger partial charge in [0.25, 0.3) is 5.91 Å². The SMILES string of the molecule is CC(C)[C@@H](NCC(=O)Nc1ccccc1C(=O)Nc1ccccc1)c1ccccc1. The predicted octanol–water partition coefficient (Wildman–Crippen LogP) is 4.86. The number of rotatable bonds is 8. The van der Waals surface area contributed by atoms with Crippen molar-refractivity contribution in [1.82, 2.24) is 5.32 Å². The normalized spacial score (nSPS) is 11.7. The zero-order chi connectivity index (χ0) is 21.3. The lowest BCUT2D eigenvalue weighted by molar-refractivity contribution is -0.115. The molecule has 1 atom stereocenters. The van der Waals surface area contributed by atoms with Crippen LogP contribution in [0.5, 0.6) is 0 Å². The Morgan fingerprint density at radius 1 is 0.767 bits per heavy atom. The molecule has 0 aromatic heterocycles. The molecule has 3 aromatic rings. The van der Waals surface area contributed by atoms with Gasteiger partial charge in [0, 0.05) is 11.7 Å². The third-order valence-electron chi connectivity index (χ3n) is 4.79. The predicted molar refractivity (Wildman–Crippen MR) is 121 cm³/mol. The quantitative estimate of drug-likeness (QED) is 0.505. The molecule has 0 spiro atoms. The first-order valence-electron chi connectivity index (χ1n) is 10.1. The summed E-state index contributed by atoms with van der Waals surface area (Å²) in [6.07, 6.45) is 0. The third-order valence-corrected chi connectivity index (χ3v) is 4.79. The number of anilines is 2. The van der Waals surface area contributed by atoms with E-state index in [1.54, 1.807) is 24.3 Å². The van der Waals surface area contributed by atoms with E-state index in [0.29, 0.717) is 22.9 Å². The van der Waals surface area contributed by atoms with E-state index in [1.165, 1.54) is 0 Å². The second-order valence-electron chi connectivity index (χ2n) is 7.43. The number of carbonyl (C=O) groups is 2. The van der Waals surface area contributed by atoms with E-state index in [-0.39, 0.29) is 24.4 Å². The van der Waals surface area contributed by atoms with E-state index >= 15 is 0 Å². The maximum atomic E-state index is 12.7. The molecule has 5 nitrogen and oxygen atoms in total. The van der Waals surface area contributed by atoms with Gasteiger partial charge in [-0.2, -0.15) is 0 Å². The Bertz CT molecular complexity index is 972. The summed E-state index contributed by atoms with van der Waals surface area (Å²) in [5.41, 5.74) is 2.74. The lowest BCUT2D eigenvalue weighted by Crippen LogP contribution is -2.34. The van der Waals surface area contributed by atoms with Crippen LogP contribution in [-0.2, 0) is 4.79 Å². The lowest BCUT2D eigenvalue weighted by atomic mass is 9.96. The molecule has 0 saturated heterocycles. The monoisotopic (exact) mass is 401 g/mol. The zero-order valence-electron chi connectivity index (χ0n) is 17.3. The van der Waals surface area contributed by atoms with E-state index in [1.807, 2.05) is 48.5 Å². The molecular weight excluding hydrogens is 374 g/mol. The summed E-state index contributed by atoms with van der Waals surface area (Å²) in [4.78, 5) is 25.3. The standard InChI is InChI=1S/C25H27N3O2/c1-18(2)24(19-11-5-3-6-12-19)26-17-23(29)28-22-16-10-9-15-21(22)25(30)27-20-13-7-4-8-14-20/h3-16,18,24,26H,17H2,1-2H3,(H,27,30)(H,28,29)/t24-/m1/s1. The van der Waals surface area contributed by atoms with Crippen molar-refractivity contribution < 1.29 is 9.59 Å². The van der Waals surface area contributed by atoms with Crippen LogP contribution in [0.3, 0.4) is 0 Å². The Balaban J connectivity index is 1.65. The van der Waals surface area contributed by atoms with E-state index < -0.39 is 0 Å². The van der Waals surface area contributed by atoms with E-state index in [4.69, 9.17) is 0 Å². The minimum atomic E-state index is -0.269. The van der Waals surface area contributed by atoms with Crippen molar-refractivity contribution in [3.05, 3.63) is 96.1 Å². The number of nitrogens with one attached hydrogen (secondary N) is 3. The van der Waals surface area contributed by atoms with Crippen molar-refractivity contribution in [3.8, 4) is 0 Å². The fourth-order valence-electron chi connectivity index (χ4n) is 3.31. The molecule has 0 aliphatic rings. The number of amides is 2. The molecule has 30 heavy (non-hydrogen) atoms. The third kappa shape index (κ3) is 5.78. The van der Waals surface area contributed by atoms with Gasteiger partial charge in [0.2, 0.25) is 5.91 Å². The molecule has 3 rings (SSSR count).